The minimum Gasteiger partial charge on any atom is -0.396 e. The molecule has 3 rings (SSSR count). The van der Waals surface area contributed by atoms with Crippen LogP contribution in [0.25, 0.3) is 26.9 Å². The molecule has 1 N–H and O–H groups in total. The number of aryl methyl sites for hydroxylation is 3. The van der Waals surface area contributed by atoms with Crippen LogP contribution in [-0.4, -0.2) is 21.3 Å². The van der Waals surface area contributed by atoms with Crippen LogP contribution >= 0.6 is 11.6 Å². The van der Waals surface area contributed by atoms with Gasteiger partial charge in [0.05, 0.1) is 11.6 Å². The van der Waals surface area contributed by atoms with Crippen molar-refractivity contribution in [3.05, 3.63) is 57.8 Å². The molecule has 0 saturated carbocycles. The van der Waals surface area contributed by atoms with Gasteiger partial charge in [-0.05, 0) is 55.8 Å². The summed E-state index contributed by atoms with van der Waals surface area (Å²) >= 11 is 6.57. The second kappa shape index (κ2) is 6.87. The third-order valence-corrected chi connectivity index (χ3v) is 5.13. The molecule has 0 saturated heterocycles. The van der Waals surface area contributed by atoms with Crippen LogP contribution in [0.1, 0.15) is 23.2 Å². The Hall–Kier alpha value is -2.35. The summed E-state index contributed by atoms with van der Waals surface area (Å²) in [6, 6.07) is 3.99. The fourth-order valence-corrected chi connectivity index (χ4v) is 3.51. The lowest BCUT2D eigenvalue weighted by molar-refractivity contribution is 0.280. The molecule has 128 valence electrons. The Balaban J connectivity index is 2.39. The van der Waals surface area contributed by atoms with E-state index >= 15 is 0 Å². The van der Waals surface area contributed by atoms with E-state index in [9.17, 15) is 5.11 Å². The predicted octanol–water partition coefficient (Wildman–Crippen LogP) is 5.22. The normalized spacial score (nSPS) is 11.0. The summed E-state index contributed by atoms with van der Waals surface area (Å²) in [5.41, 5.74) is 6.54. The summed E-state index contributed by atoms with van der Waals surface area (Å²) in [5, 5.41) is 10.9. The third kappa shape index (κ3) is 2.90. The highest BCUT2D eigenvalue weighted by Gasteiger charge is 2.19. The van der Waals surface area contributed by atoms with Gasteiger partial charge in [-0.1, -0.05) is 11.6 Å². The molecule has 0 aliphatic heterocycles. The number of fused-ring (bicyclic) bond motifs is 1. The van der Waals surface area contributed by atoms with Crippen molar-refractivity contribution < 1.29 is 5.11 Å². The minimum atomic E-state index is 0.139. The molecule has 0 aliphatic rings. The molecule has 4 nitrogen and oxygen atoms in total. The maximum absolute atomic E-state index is 9.25. The summed E-state index contributed by atoms with van der Waals surface area (Å²) < 4.78 is 2.19. The molecule has 2 heterocycles. The molecule has 25 heavy (non-hydrogen) atoms. The van der Waals surface area contributed by atoms with Crippen molar-refractivity contribution in [1.82, 2.24) is 9.55 Å². The number of hydrogen-bond acceptors (Lipinski definition) is 2. The maximum atomic E-state index is 9.25. The maximum Gasteiger partial charge on any atom is 0.190 e. The van der Waals surface area contributed by atoms with E-state index in [0.717, 1.165) is 38.9 Å². The third-order valence-electron chi connectivity index (χ3n) is 4.63. The number of benzene rings is 1. The van der Waals surface area contributed by atoms with Gasteiger partial charge in [0.2, 0.25) is 0 Å². The van der Waals surface area contributed by atoms with Crippen molar-refractivity contribution in [1.29, 1.82) is 0 Å². The zero-order valence-corrected chi connectivity index (χ0v) is 15.4. The zero-order valence-electron chi connectivity index (χ0n) is 14.6. The Bertz CT molecular complexity index is 999. The number of rotatable bonds is 4. The van der Waals surface area contributed by atoms with E-state index in [1.807, 2.05) is 26.0 Å². The number of aliphatic hydroxyl groups excluding tert-OH is 1. The van der Waals surface area contributed by atoms with Crippen molar-refractivity contribution >= 4 is 28.2 Å². The molecule has 0 atom stereocenters. The zero-order chi connectivity index (χ0) is 18.1. The van der Waals surface area contributed by atoms with Crippen LogP contribution in [0.2, 0.25) is 5.02 Å². The molecule has 2 aromatic heterocycles. The molecule has 1 aromatic carbocycles. The number of hydrogen-bond donors (Lipinski definition) is 1. The lowest BCUT2D eigenvalue weighted by Crippen LogP contribution is -2.02. The Morgan fingerprint density at radius 2 is 1.96 bits per heavy atom. The van der Waals surface area contributed by atoms with E-state index in [2.05, 4.69) is 21.3 Å². The SMILES string of the molecule is [C-]#[N+]c1cc2c(-c3cncc(C)c3Cl)c(C)n(CCCO)c2cc1C. The number of pyridine rings is 1. The van der Waals surface area contributed by atoms with Crippen molar-refractivity contribution in [3.63, 3.8) is 0 Å². The largest absolute Gasteiger partial charge is 0.396 e. The van der Waals surface area contributed by atoms with Crippen LogP contribution in [0.3, 0.4) is 0 Å². The molecule has 0 spiro atoms. The monoisotopic (exact) mass is 353 g/mol. The van der Waals surface area contributed by atoms with Crippen LogP contribution < -0.4 is 0 Å². The molecule has 0 fully saturated rings. The summed E-state index contributed by atoms with van der Waals surface area (Å²) in [5.74, 6) is 0. The van der Waals surface area contributed by atoms with E-state index in [0.29, 0.717) is 23.7 Å². The summed E-state index contributed by atoms with van der Waals surface area (Å²) in [7, 11) is 0. The van der Waals surface area contributed by atoms with E-state index in [1.165, 1.54) is 0 Å². The van der Waals surface area contributed by atoms with Gasteiger partial charge in [-0.15, -0.1) is 0 Å². The molecular weight excluding hydrogens is 334 g/mol. The highest BCUT2D eigenvalue weighted by atomic mass is 35.5. The lowest BCUT2D eigenvalue weighted by Gasteiger charge is -2.09. The van der Waals surface area contributed by atoms with E-state index < -0.39 is 0 Å². The van der Waals surface area contributed by atoms with Gasteiger partial charge in [-0.25, -0.2) is 4.85 Å². The van der Waals surface area contributed by atoms with Gasteiger partial charge in [0.15, 0.2) is 5.69 Å². The molecule has 0 amide bonds. The van der Waals surface area contributed by atoms with Crippen molar-refractivity contribution in [3.8, 4) is 11.1 Å². The van der Waals surface area contributed by atoms with Gasteiger partial charge in [0.25, 0.3) is 0 Å². The second-order valence-electron chi connectivity index (χ2n) is 6.27. The van der Waals surface area contributed by atoms with Crippen LogP contribution in [0, 0.1) is 27.3 Å². The molecular formula is C20H20ClN3O. The molecule has 0 unspecified atom stereocenters. The Kier molecular flexibility index (Phi) is 4.80. The first-order valence-electron chi connectivity index (χ1n) is 8.21. The van der Waals surface area contributed by atoms with Gasteiger partial charge in [0.1, 0.15) is 0 Å². The lowest BCUT2D eigenvalue weighted by atomic mass is 10.0. The first-order valence-corrected chi connectivity index (χ1v) is 8.59. The van der Waals surface area contributed by atoms with Crippen LogP contribution in [0.4, 0.5) is 5.69 Å². The molecule has 3 aromatic rings. The summed E-state index contributed by atoms with van der Waals surface area (Å²) in [6.45, 7) is 14.2. The molecule has 0 aliphatic carbocycles. The van der Waals surface area contributed by atoms with Crippen LogP contribution in [-0.2, 0) is 6.54 Å². The van der Waals surface area contributed by atoms with Gasteiger partial charge in [-0.2, -0.15) is 0 Å². The predicted molar refractivity (Wildman–Crippen MR) is 102 cm³/mol. The Labute approximate surface area is 152 Å². The number of halogens is 1. The molecule has 5 heteroatoms. The minimum absolute atomic E-state index is 0.139. The Morgan fingerprint density at radius 3 is 2.64 bits per heavy atom. The summed E-state index contributed by atoms with van der Waals surface area (Å²) in [6.07, 6.45) is 4.21. The highest BCUT2D eigenvalue weighted by molar-refractivity contribution is 6.34. The Morgan fingerprint density at radius 1 is 1.20 bits per heavy atom. The fraction of sp³-hybridized carbons (Fsp3) is 0.300. The number of aromatic nitrogens is 2. The quantitative estimate of drug-likeness (QED) is 0.654. The molecule has 0 bridgehead atoms. The van der Waals surface area contributed by atoms with Gasteiger partial charge in [0, 0.05) is 47.9 Å². The highest BCUT2D eigenvalue weighted by Crippen LogP contribution is 2.41. The summed E-state index contributed by atoms with van der Waals surface area (Å²) in [4.78, 5) is 7.95. The average Bonchev–Trinajstić information content (AvgIpc) is 2.85. The second-order valence-corrected chi connectivity index (χ2v) is 6.65. The first kappa shape index (κ1) is 17.5. The van der Waals surface area contributed by atoms with Crippen molar-refractivity contribution in [2.75, 3.05) is 6.61 Å². The van der Waals surface area contributed by atoms with Gasteiger partial charge in [-0.3, -0.25) is 4.98 Å². The van der Waals surface area contributed by atoms with E-state index in [1.54, 1.807) is 12.4 Å². The smallest absolute Gasteiger partial charge is 0.190 e. The average molecular weight is 354 g/mol. The number of aliphatic hydroxyl groups is 1. The van der Waals surface area contributed by atoms with E-state index in [-0.39, 0.29) is 6.61 Å². The molecule has 0 radical (unpaired) electrons. The topological polar surface area (TPSA) is 42.4 Å². The van der Waals surface area contributed by atoms with Gasteiger partial charge >= 0.3 is 0 Å². The van der Waals surface area contributed by atoms with Crippen LogP contribution in [0.15, 0.2) is 24.5 Å². The first-order chi connectivity index (χ1) is 12.0. The van der Waals surface area contributed by atoms with Crippen molar-refractivity contribution in [2.45, 2.75) is 33.7 Å². The van der Waals surface area contributed by atoms with E-state index in [4.69, 9.17) is 18.2 Å². The van der Waals surface area contributed by atoms with Crippen molar-refractivity contribution in [2.24, 2.45) is 0 Å². The number of nitrogens with zero attached hydrogens (tertiary/aromatic N) is 3. The van der Waals surface area contributed by atoms with Crippen LogP contribution in [0.5, 0.6) is 0 Å². The van der Waals surface area contributed by atoms with Gasteiger partial charge < -0.3 is 9.67 Å². The fourth-order valence-electron chi connectivity index (χ4n) is 3.32. The standard InChI is InChI=1S/C20H20ClN3O/c1-12-8-18-15(9-17(12)22-4)19(14(3)24(18)6-5-7-25)16-11-23-10-13(2)20(16)21/h8-11,25H,5-7H2,1-3H3.